The first kappa shape index (κ1) is 15.1. The Morgan fingerprint density at radius 1 is 1.30 bits per heavy atom. The first-order valence-corrected chi connectivity index (χ1v) is 7.94. The molecule has 0 aliphatic rings. The van der Waals surface area contributed by atoms with Crippen molar-refractivity contribution < 1.29 is 0 Å². The monoisotopic (exact) mass is 290 g/mol. The summed E-state index contributed by atoms with van der Waals surface area (Å²) < 4.78 is 1.76. The number of aromatic nitrogens is 3. The van der Waals surface area contributed by atoms with Crippen molar-refractivity contribution in [1.82, 2.24) is 20.3 Å². The van der Waals surface area contributed by atoms with E-state index in [0.717, 1.165) is 24.4 Å². The number of hydrogen-bond donors (Lipinski definition) is 1. The van der Waals surface area contributed by atoms with E-state index in [9.17, 15) is 0 Å². The number of hydrogen-bond acceptors (Lipinski definition) is 4. The zero-order valence-corrected chi connectivity index (χ0v) is 13.2. The maximum Gasteiger partial charge on any atom is 0.0842 e. The van der Waals surface area contributed by atoms with Gasteiger partial charge in [0.1, 0.15) is 0 Å². The zero-order chi connectivity index (χ0) is 14.4. The second-order valence-electron chi connectivity index (χ2n) is 4.97. The lowest BCUT2D eigenvalue weighted by Crippen LogP contribution is -2.33. The van der Waals surface area contributed by atoms with Crippen LogP contribution in [0.1, 0.15) is 18.2 Å². The van der Waals surface area contributed by atoms with Gasteiger partial charge in [0.2, 0.25) is 0 Å². The summed E-state index contributed by atoms with van der Waals surface area (Å²) >= 11 is 1.89. The van der Waals surface area contributed by atoms with E-state index < -0.39 is 0 Å². The molecule has 1 aromatic carbocycles. The van der Waals surface area contributed by atoms with Crippen LogP contribution < -0.4 is 5.32 Å². The molecule has 0 fully saturated rings. The summed E-state index contributed by atoms with van der Waals surface area (Å²) in [5, 5.41) is 11.7. The van der Waals surface area contributed by atoms with Gasteiger partial charge < -0.3 is 5.32 Å². The van der Waals surface area contributed by atoms with E-state index in [4.69, 9.17) is 0 Å². The van der Waals surface area contributed by atoms with Crippen molar-refractivity contribution in [2.24, 2.45) is 7.05 Å². The van der Waals surface area contributed by atoms with E-state index in [2.05, 4.69) is 53.7 Å². The Morgan fingerprint density at radius 3 is 2.65 bits per heavy atom. The van der Waals surface area contributed by atoms with Gasteiger partial charge in [0.05, 0.1) is 5.69 Å². The van der Waals surface area contributed by atoms with Gasteiger partial charge in [0, 0.05) is 36.4 Å². The predicted octanol–water partition coefficient (Wildman–Crippen LogP) is 2.44. The van der Waals surface area contributed by atoms with Crippen molar-refractivity contribution in [3.8, 4) is 0 Å². The highest BCUT2D eigenvalue weighted by atomic mass is 32.2. The molecule has 0 spiro atoms. The molecular formula is C15H22N4S. The first-order chi connectivity index (χ1) is 9.67. The fourth-order valence-electron chi connectivity index (χ4n) is 2.05. The maximum absolute atomic E-state index is 4.17. The molecule has 0 radical (unpaired) electrons. The molecule has 0 aliphatic heterocycles. The molecule has 5 heteroatoms. The number of benzene rings is 1. The van der Waals surface area contributed by atoms with Crippen LogP contribution in [0.15, 0.2) is 35.4 Å². The molecule has 0 saturated carbocycles. The molecule has 1 unspecified atom stereocenters. The summed E-state index contributed by atoms with van der Waals surface area (Å²) in [5.74, 6) is 1.04. The Balaban J connectivity index is 1.90. The van der Waals surface area contributed by atoms with Gasteiger partial charge >= 0.3 is 0 Å². The lowest BCUT2D eigenvalue weighted by molar-refractivity contribution is 0.566. The third-order valence-electron chi connectivity index (χ3n) is 3.07. The van der Waals surface area contributed by atoms with Crippen LogP contribution in [-0.2, 0) is 13.5 Å². The standard InChI is InChI=1S/C15H22N4S/c1-4-16-14(9-13-10-19(3)18-17-13)11-20-15-7-5-12(2)6-8-15/h5-8,10,14,16H,4,9,11H2,1-3H3. The molecule has 1 N–H and O–H groups in total. The lowest BCUT2D eigenvalue weighted by Gasteiger charge is -2.16. The second kappa shape index (κ2) is 7.45. The molecule has 1 aromatic heterocycles. The van der Waals surface area contributed by atoms with Gasteiger partial charge in [0.25, 0.3) is 0 Å². The van der Waals surface area contributed by atoms with Crippen molar-refractivity contribution >= 4 is 11.8 Å². The molecule has 0 amide bonds. The van der Waals surface area contributed by atoms with E-state index in [1.54, 1.807) is 4.68 Å². The Morgan fingerprint density at radius 2 is 2.05 bits per heavy atom. The van der Waals surface area contributed by atoms with Gasteiger partial charge in [-0.15, -0.1) is 16.9 Å². The topological polar surface area (TPSA) is 42.7 Å². The van der Waals surface area contributed by atoms with E-state index in [1.807, 2.05) is 25.0 Å². The average Bonchev–Trinajstić information content (AvgIpc) is 2.83. The number of thioether (sulfide) groups is 1. The number of nitrogens with zero attached hydrogens (tertiary/aromatic N) is 3. The minimum atomic E-state index is 0.419. The van der Waals surface area contributed by atoms with Crippen LogP contribution in [-0.4, -0.2) is 33.3 Å². The SMILES string of the molecule is CCNC(CSc1ccc(C)cc1)Cc1cn(C)nn1. The normalized spacial score (nSPS) is 12.6. The third-order valence-corrected chi connectivity index (χ3v) is 4.25. The highest BCUT2D eigenvalue weighted by Gasteiger charge is 2.11. The van der Waals surface area contributed by atoms with Gasteiger partial charge in [0.15, 0.2) is 0 Å². The van der Waals surface area contributed by atoms with Crippen LogP contribution in [0.4, 0.5) is 0 Å². The molecule has 0 saturated heterocycles. The summed E-state index contributed by atoms with van der Waals surface area (Å²) in [6.45, 7) is 5.23. The summed E-state index contributed by atoms with van der Waals surface area (Å²) in [7, 11) is 1.90. The van der Waals surface area contributed by atoms with Gasteiger partial charge in [-0.05, 0) is 25.6 Å². The molecule has 20 heavy (non-hydrogen) atoms. The molecule has 4 nitrogen and oxygen atoms in total. The van der Waals surface area contributed by atoms with Crippen molar-refractivity contribution in [3.63, 3.8) is 0 Å². The summed E-state index contributed by atoms with van der Waals surface area (Å²) in [6, 6.07) is 9.11. The van der Waals surface area contributed by atoms with Crippen LogP contribution in [0.3, 0.4) is 0 Å². The smallest absolute Gasteiger partial charge is 0.0842 e. The van der Waals surface area contributed by atoms with Gasteiger partial charge in [-0.1, -0.05) is 29.8 Å². The summed E-state index contributed by atoms with van der Waals surface area (Å²) in [5.41, 5.74) is 2.35. The molecule has 0 aliphatic carbocycles. The van der Waals surface area contributed by atoms with Crippen LogP contribution in [0.25, 0.3) is 0 Å². The molecule has 108 valence electrons. The van der Waals surface area contributed by atoms with Crippen molar-refractivity contribution in [2.75, 3.05) is 12.3 Å². The number of nitrogens with one attached hydrogen (secondary N) is 1. The fourth-order valence-corrected chi connectivity index (χ4v) is 3.01. The molecule has 2 rings (SSSR count). The highest BCUT2D eigenvalue weighted by molar-refractivity contribution is 7.99. The largest absolute Gasteiger partial charge is 0.313 e. The van der Waals surface area contributed by atoms with Gasteiger partial charge in [-0.2, -0.15) is 0 Å². The average molecular weight is 290 g/mol. The molecule has 1 heterocycles. The minimum absolute atomic E-state index is 0.419. The van der Waals surface area contributed by atoms with Gasteiger partial charge in [-0.3, -0.25) is 4.68 Å². The van der Waals surface area contributed by atoms with Crippen LogP contribution in [0, 0.1) is 6.92 Å². The van der Waals surface area contributed by atoms with Crippen molar-refractivity contribution in [3.05, 3.63) is 41.7 Å². The molecule has 0 bridgehead atoms. The number of aryl methyl sites for hydroxylation is 2. The van der Waals surface area contributed by atoms with E-state index >= 15 is 0 Å². The number of likely N-dealkylation sites (N-methyl/N-ethyl adjacent to an activating group) is 1. The predicted molar refractivity (Wildman–Crippen MR) is 84.1 cm³/mol. The lowest BCUT2D eigenvalue weighted by atomic mass is 10.2. The van der Waals surface area contributed by atoms with E-state index in [1.165, 1.54) is 10.5 Å². The van der Waals surface area contributed by atoms with Crippen molar-refractivity contribution in [1.29, 1.82) is 0 Å². The number of rotatable bonds is 7. The highest BCUT2D eigenvalue weighted by Crippen LogP contribution is 2.20. The molecule has 1 atom stereocenters. The van der Waals surface area contributed by atoms with Crippen LogP contribution in [0.2, 0.25) is 0 Å². The second-order valence-corrected chi connectivity index (χ2v) is 6.06. The first-order valence-electron chi connectivity index (χ1n) is 6.95. The Kier molecular flexibility index (Phi) is 5.61. The van der Waals surface area contributed by atoms with E-state index in [0.29, 0.717) is 6.04 Å². The van der Waals surface area contributed by atoms with Crippen molar-refractivity contribution in [2.45, 2.75) is 31.2 Å². The minimum Gasteiger partial charge on any atom is -0.313 e. The quantitative estimate of drug-likeness (QED) is 0.795. The summed E-state index contributed by atoms with van der Waals surface area (Å²) in [4.78, 5) is 1.32. The van der Waals surface area contributed by atoms with Crippen LogP contribution >= 0.6 is 11.8 Å². The third kappa shape index (κ3) is 4.65. The molecule has 2 aromatic rings. The maximum atomic E-state index is 4.17. The van der Waals surface area contributed by atoms with Gasteiger partial charge in [-0.25, -0.2) is 0 Å². The molecular weight excluding hydrogens is 268 g/mol. The fraction of sp³-hybridized carbons (Fsp3) is 0.467. The zero-order valence-electron chi connectivity index (χ0n) is 12.3. The van der Waals surface area contributed by atoms with E-state index in [-0.39, 0.29) is 0 Å². The Hall–Kier alpha value is -1.33. The Labute approximate surface area is 125 Å². The Bertz CT molecular complexity index is 521. The summed E-state index contributed by atoms with van der Waals surface area (Å²) in [6.07, 6.45) is 2.90. The van der Waals surface area contributed by atoms with Crippen LogP contribution in [0.5, 0.6) is 0 Å².